The van der Waals surface area contributed by atoms with E-state index in [4.69, 9.17) is 9.97 Å². The van der Waals surface area contributed by atoms with Crippen LogP contribution in [0.3, 0.4) is 0 Å². The fraction of sp³-hybridized carbons (Fsp3) is 0.0400. The Morgan fingerprint density at radius 3 is 1.42 bits per heavy atom. The van der Waals surface area contributed by atoms with E-state index >= 15 is 0 Å². The van der Waals surface area contributed by atoms with E-state index in [1.165, 1.54) is 72.3 Å². The van der Waals surface area contributed by atoms with Gasteiger partial charge in [-0.3, -0.25) is 9.97 Å². The maximum atomic E-state index is 5.07. The third-order valence-electron chi connectivity index (χ3n) is 12.2. The summed E-state index contributed by atoms with van der Waals surface area (Å²) in [6, 6.07) is 63.5. The molecule has 3 aliphatic rings. The van der Waals surface area contributed by atoms with Gasteiger partial charge < -0.3 is 0 Å². The molecule has 2 aromatic heterocycles. The Hall–Kier alpha value is -6.64. The van der Waals surface area contributed by atoms with Crippen LogP contribution < -0.4 is 0 Å². The fourth-order valence-corrected chi connectivity index (χ4v) is 10.4. The van der Waals surface area contributed by atoms with Gasteiger partial charge in [0.2, 0.25) is 0 Å². The minimum Gasteiger partial charge on any atom is -0.254 e. The molecule has 0 amide bonds. The molecule has 0 saturated heterocycles. The van der Waals surface area contributed by atoms with Crippen LogP contribution in [0.1, 0.15) is 44.5 Å². The molecular formula is C50H30N2. The van der Waals surface area contributed by atoms with Crippen molar-refractivity contribution < 1.29 is 0 Å². The third kappa shape index (κ3) is 3.22. The van der Waals surface area contributed by atoms with Crippen molar-refractivity contribution in [2.45, 2.75) is 10.8 Å². The first-order valence-corrected chi connectivity index (χ1v) is 18.1. The molecule has 2 heteroatoms. The smallest absolute Gasteiger partial charge is 0.0964 e. The number of aromatic nitrogens is 2. The lowest BCUT2D eigenvalue weighted by Gasteiger charge is -2.48. The lowest BCUT2D eigenvalue weighted by atomic mass is 9.52. The van der Waals surface area contributed by atoms with Gasteiger partial charge in [-0.05, 0) is 84.5 Å². The molecule has 7 aromatic carbocycles. The van der Waals surface area contributed by atoms with Crippen LogP contribution in [0, 0.1) is 0 Å². The molecule has 0 fully saturated rings. The van der Waals surface area contributed by atoms with Crippen molar-refractivity contribution in [3.63, 3.8) is 0 Å². The second kappa shape index (κ2) is 9.99. The van der Waals surface area contributed by atoms with Gasteiger partial charge in [-0.2, -0.15) is 0 Å². The van der Waals surface area contributed by atoms with Crippen molar-refractivity contribution in [2.75, 3.05) is 0 Å². The van der Waals surface area contributed by atoms with Crippen molar-refractivity contribution in [3.05, 3.63) is 227 Å². The summed E-state index contributed by atoms with van der Waals surface area (Å²) < 4.78 is 0. The molecule has 0 aliphatic heterocycles. The zero-order chi connectivity index (χ0) is 34.0. The molecule has 3 aliphatic carbocycles. The summed E-state index contributed by atoms with van der Waals surface area (Å²) in [7, 11) is 0. The van der Waals surface area contributed by atoms with Crippen LogP contribution in [-0.2, 0) is 10.8 Å². The van der Waals surface area contributed by atoms with Crippen LogP contribution in [-0.4, -0.2) is 9.97 Å². The SMILES string of the molecule is c1ccc2c(c1)-c1ccccc1C21c2ccccc2C2(c3ccccc3-c3c(-c4cnc5c(ccc6cccnc65)c4)cccc32)c2ccccc21. The summed E-state index contributed by atoms with van der Waals surface area (Å²) >= 11 is 0. The van der Waals surface area contributed by atoms with Gasteiger partial charge in [0.05, 0.1) is 21.9 Å². The number of fused-ring (bicyclic) bond motifs is 19. The van der Waals surface area contributed by atoms with Crippen LogP contribution in [0.4, 0.5) is 0 Å². The first-order valence-electron chi connectivity index (χ1n) is 18.1. The van der Waals surface area contributed by atoms with Crippen molar-refractivity contribution in [1.29, 1.82) is 0 Å². The average Bonchev–Trinajstić information content (AvgIpc) is 3.69. The number of hydrogen-bond donors (Lipinski definition) is 0. The molecule has 2 nitrogen and oxygen atoms in total. The largest absolute Gasteiger partial charge is 0.254 e. The highest BCUT2D eigenvalue weighted by Crippen LogP contribution is 2.67. The Morgan fingerprint density at radius 2 is 0.788 bits per heavy atom. The topological polar surface area (TPSA) is 25.8 Å². The number of nitrogens with zero attached hydrogens (tertiary/aromatic N) is 2. The predicted molar refractivity (Wildman–Crippen MR) is 211 cm³/mol. The first-order chi connectivity index (χ1) is 25.8. The molecule has 0 saturated carbocycles. The number of pyridine rings is 2. The van der Waals surface area contributed by atoms with E-state index in [1.807, 2.05) is 18.5 Å². The van der Waals surface area contributed by atoms with E-state index in [0.29, 0.717) is 0 Å². The molecule has 240 valence electrons. The standard InChI is InChI=1S/C50H30N2/c1-4-18-38-35(14-1)36-15-2-5-19-39(36)49(38)41-21-7-9-23-43(41)50(44-24-10-8-22-42(44)49)40-20-6-3-16-37(40)46-34(17-11-25-45(46)50)33-29-32-27-26-31-13-12-28-51-47(31)48(32)52-30-33/h1-30H. The second-order valence-corrected chi connectivity index (χ2v) is 14.4. The minimum atomic E-state index is -0.517. The predicted octanol–water partition coefficient (Wildman–Crippen LogP) is 11.5. The van der Waals surface area contributed by atoms with E-state index in [-0.39, 0.29) is 0 Å². The van der Waals surface area contributed by atoms with Gasteiger partial charge >= 0.3 is 0 Å². The lowest BCUT2D eigenvalue weighted by Crippen LogP contribution is -2.43. The zero-order valence-electron chi connectivity index (χ0n) is 28.2. The number of hydrogen-bond acceptors (Lipinski definition) is 2. The molecule has 52 heavy (non-hydrogen) atoms. The second-order valence-electron chi connectivity index (χ2n) is 14.4. The zero-order valence-corrected chi connectivity index (χ0v) is 28.2. The molecule has 0 radical (unpaired) electrons. The van der Waals surface area contributed by atoms with Gasteiger partial charge in [0.15, 0.2) is 0 Å². The van der Waals surface area contributed by atoms with Gasteiger partial charge in [0.25, 0.3) is 0 Å². The highest BCUT2D eigenvalue weighted by Gasteiger charge is 2.59. The van der Waals surface area contributed by atoms with Crippen LogP contribution in [0.25, 0.3) is 55.2 Å². The van der Waals surface area contributed by atoms with Gasteiger partial charge in [-0.1, -0.05) is 158 Å². The van der Waals surface area contributed by atoms with Gasteiger partial charge in [-0.25, -0.2) is 0 Å². The van der Waals surface area contributed by atoms with E-state index < -0.39 is 10.8 Å². The van der Waals surface area contributed by atoms with Crippen molar-refractivity contribution >= 4 is 21.8 Å². The molecule has 0 N–H and O–H groups in total. The molecule has 2 spiro atoms. The summed E-state index contributed by atoms with van der Waals surface area (Å²) in [5.74, 6) is 0. The first kappa shape index (κ1) is 28.1. The monoisotopic (exact) mass is 658 g/mol. The van der Waals surface area contributed by atoms with Crippen LogP contribution >= 0.6 is 0 Å². The Bertz CT molecular complexity index is 2890. The van der Waals surface area contributed by atoms with Crippen LogP contribution in [0.2, 0.25) is 0 Å². The fourth-order valence-electron chi connectivity index (χ4n) is 10.4. The number of benzene rings is 7. The highest BCUT2D eigenvalue weighted by molar-refractivity contribution is 6.05. The highest BCUT2D eigenvalue weighted by atomic mass is 14.7. The molecule has 0 bridgehead atoms. The molecule has 0 atom stereocenters. The van der Waals surface area contributed by atoms with E-state index in [2.05, 4.69) is 164 Å². The quantitative estimate of drug-likeness (QED) is 0.164. The van der Waals surface area contributed by atoms with Crippen LogP contribution in [0.15, 0.2) is 182 Å². The Morgan fingerprint density at radius 1 is 0.327 bits per heavy atom. The molecular weight excluding hydrogens is 629 g/mol. The lowest BCUT2D eigenvalue weighted by molar-refractivity contribution is 0.633. The van der Waals surface area contributed by atoms with E-state index in [1.54, 1.807) is 0 Å². The van der Waals surface area contributed by atoms with Gasteiger partial charge in [-0.15, -0.1) is 0 Å². The average molecular weight is 659 g/mol. The summed E-state index contributed by atoms with van der Waals surface area (Å²) in [5, 5.41) is 2.20. The molecule has 12 rings (SSSR count). The molecule has 9 aromatic rings. The van der Waals surface area contributed by atoms with Crippen molar-refractivity contribution in [1.82, 2.24) is 9.97 Å². The third-order valence-corrected chi connectivity index (χ3v) is 12.2. The summed E-state index contributed by atoms with van der Waals surface area (Å²) in [6.07, 6.45) is 3.90. The van der Waals surface area contributed by atoms with Crippen molar-refractivity contribution in [2.24, 2.45) is 0 Å². The van der Waals surface area contributed by atoms with Crippen molar-refractivity contribution in [3.8, 4) is 33.4 Å². The summed E-state index contributed by atoms with van der Waals surface area (Å²) in [5.41, 5.74) is 19.2. The number of rotatable bonds is 1. The maximum Gasteiger partial charge on any atom is 0.0964 e. The molecule has 2 heterocycles. The Balaban J connectivity index is 1.20. The minimum absolute atomic E-state index is 0.444. The molecule has 0 unspecified atom stereocenters. The summed E-state index contributed by atoms with van der Waals surface area (Å²) in [4.78, 5) is 9.77. The van der Waals surface area contributed by atoms with Crippen LogP contribution in [0.5, 0.6) is 0 Å². The van der Waals surface area contributed by atoms with E-state index in [9.17, 15) is 0 Å². The summed E-state index contributed by atoms with van der Waals surface area (Å²) in [6.45, 7) is 0. The maximum absolute atomic E-state index is 5.07. The van der Waals surface area contributed by atoms with E-state index in [0.717, 1.165) is 27.4 Å². The Kier molecular flexibility index (Phi) is 5.40. The van der Waals surface area contributed by atoms with Gasteiger partial charge in [0, 0.05) is 28.7 Å². The Labute approximate surface area is 301 Å². The van der Waals surface area contributed by atoms with Gasteiger partial charge in [0.1, 0.15) is 0 Å². The normalized spacial score (nSPS) is 14.8.